The first-order chi connectivity index (χ1) is 9.79. The van der Waals surface area contributed by atoms with E-state index in [-0.39, 0.29) is 0 Å². The fourth-order valence-corrected chi connectivity index (χ4v) is 2.99. The number of hydrogen-bond acceptors (Lipinski definition) is 2. The van der Waals surface area contributed by atoms with Crippen molar-refractivity contribution in [1.29, 1.82) is 0 Å². The molecule has 0 radical (unpaired) electrons. The monoisotopic (exact) mass is 337 g/mol. The molecule has 0 heterocycles. The zero-order chi connectivity index (χ0) is 14.2. The Morgan fingerprint density at radius 1 is 1.30 bits per heavy atom. The minimum absolute atomic E-state index is 0.710. The number of benzene rings is 1. The molecule has 2 rings (SSSR count). The molecule has 1 aliphatic carbocycles. The molecular weight excluding hydrogens is 314 g/mol. The highest BCUT2D eigenvalue weighted by Gasteiger charge is 2.05. The molecule has 0 aromatic heterocycles. The van der Waals surface area contributed by atoms with Crippen LogP contribution in [0.5, 0.6) is 5.75 Å². The quantitative estimate of drug-likeness (QED) is 0.568. The van der Waals surface area contributed by atoms with E-state index < -0.39 is 0 Å². The van der Waals surface area contributed by atoms with Gasteiger partial charge in [0.15, 0.2) is 0 Å². The maximum Gasteiger partial charge on any atom is 0.123 e. The number of allylic oxidation sites excluding steroid dienone is 1. The molecule has 0 atom stereocenters. The van der Waals surface area contributed by atoms with Crippen molar-refractivity contribution in [2.75, 3.05) is 13.2 Å². The minimum atomic E-state index is 0.710. The lowest BCUT2D eigenvalue weighted by Crippen LogP contribution is -2.16. The molecule has 0 saturated carbocycles. The van der Waals surface area contributed by atoms with Gasteiger partial charge in [-0.1, -0.05) is 27.6 Å². The Kier molecular flexibility index (Phi) is 6.61. The summed E-state index contributed by atoms with van der Waals surface area (Å²) < 4.78 is 6.77. The van der Waals surface area contributed by atoms with Gasteiger partial charge in [0.1, 0.15) is 5.75 Å². The van der Waals surface area contributed by atoms with Crippen LogP contribution < -0.4 is 10.1 Å². The first kappa shape index (κ1) is 15.6. The lowest BCUT2D eigenvalue weighted by atomic mass is 9.97. The second-order valence-electron chi connectivity index (χ2n) is 5.22. The van der Waals surface area contributed by atoms with E-state index in [9.17, 15) is 0 Å². The number of rotatable bonds is 7. The summed E-state index contributed by atoms with van der Waals surface area (Å²) in [5.41, 5.74) is 2.85. The van der Waals surface area contributed by atoms with E-state index in [0.717, 1.165) is 23.3 Å². The third kappa shape index (κ3) is 4.95. The average molecular weight is 338 g/mol. The Balaban J connectivity index is 1.80. The summed E-state index contributed by atoms with van der Waals surface area (Å²) in [5.74, 6) is 0.986. The highest BCUT2D eigenvalue weighted by atomic mass is 79.9. The lowest BCUT2D eigenvalue weighted by molar-refractivity contribution is 0.335. The van der Waals surface area contributed by atoms with E-state index in [1.165, 1.54) is 37.7 Å². The van der Waals surface area contributed by atoms with Crippen LogP contribution in [-0.4, -0.2) is 13.2 Å². The van der Waals surface area contributed by atoms with Crippen LogP contribution in [0, 0.1) is 0 Å². The van der Waals surface area contributed by atoms with Crippen molar-refractivity contribution in [2.24, 2.45) is 0 Å². The normalized spacial score (nSPS) is 15.0. The van der Waals surface area contributed by atoms with Crippen LogP contribution in [0.15, 0.2) is 34.3 Å². The van der Waals surface area contributed by atoms with Gasteiger partial charge in [0.2, 0.25) is 0 Å². The summed E-state index contributed by atoms with van der Waals surface area (Å²) >= 11 is 3.53. The van der Waals surface area contributed by atoms with Gasteiger partial charge in [-0.15, -0.1) is 0 Å². The molecule has 0 fully saturated rings. The van der Waals surface area contributed by atoms with Crippen molar-refractivity contribution in [2.45, 2.75) is 45.6 Å². The van der Waals surface area contributed by atoms with Gasteiger partial charge in [0.25, 0.3) is 0 Å². The van der Waals surface area contributed by atoms with Crippen LogP contribution in [0.25, 0.3) is 0 Å². The van der Waals surface area contributed by atoms with E-state index >= 15 is 0 Å². The predicted molar refractivity (Wildman–Crippen MR) is 88.2 cm³/mol. The van der Waals surface area contributed by atoms with Crippen LogP contribution >= 0.6 is 15.9 Å². The van der Waals surface area contributed by atoms with Crippen molar-refractivity contribution in [3.63, 3.8) is 0 Å². The lowest BCUT2D eigenvalue weighted by Gasteiger charge is -2.14. The summed E-state index contributed by atoms with van der Waals surface area (Å²) in [4.78, 5) is 0. The number of hydrogen-bond donors (Lipinski definition) is 1. The zero-order valence-corrected chi connectivity index (χ0v) is 13.8. The molecule has 0 spiro atoms. The van der Waals surface area contributed by atoms with Gasteiger partial charge in [-0.2, -0.15) is 0 Å². The van der Waals surface area contributed by atoms with Gasteiger partial charge in [-0.05, 0) is 63.8 Å². The molecule has 110 valence electrons. The van der Waals surface area contributed by atoms with Gasteiger partial charge in [0, 0.05) is 16.6 Å². The Morgan fingerprint density at radius 3 is 2.95 bits per heavy atom. The second kappa shape index (κ2) is 8.48. The molecule has 0 unspecified atom stereocenters. The van der Waals surface area contributed by atoms with E-state index in [4.69, 9.17) is 4.74 Å². The molecular formula is C17H24BrNO. The van der Waals surface area contributed by atoms with E-state index in [1.807, 2.05) is 19.1 Å². The van der Waals surface area contributed by atoms with Crippen molar-refractivity contribution in [3.8, 4) is 5.75 Å². The Hall–Kier alpha value is -0.800. The Morgan fingerprint density at radius 2 is 2.20 bits per heavy atom. The van der Waals surface area contributed by atoms with Crippen molar-refractivity contribution in [3.05, 3.63) is 39.9 Å². The summed E-state index contributed by atoms with van der Waals surface area (Å²) in [6.07, 6.45) is 8.91. The summed E-state index contributed by atoms with van der Waals surface area (Å²) in [6, 6.07) is 6.20. The van der Waals surface area contributed by atoms with Crippen LogP contribution in [-0.2, 0) is 6.54 Å². The van der Waals surface area contributed by atoms with E-state index in [2.05, 4.69) is 33.4 Å². The summed E-state index contributed by atoms with van der Waals surface area (Å²) in [7, 11) is 0. The number of nitrogens with one attached hydrogen (secondary N) is 1. The van der Waals surface area contributed by atoms with Crippen LogP contribution in [0.2, 0.25) is 0 Å². The molecule has 0 bridgehead atoms. The first-order valence-corrected chi connectivity index (χ1v) is 8.38. The fourth-order valence-electron chi connectivity index (χ4n) is 2.59. The topological polar surface area (TPSA) is 21.3 Å². The van der Waals surface area contributed by atoms with E-state index in [1.54, 1.807) is 5.57 Å². The molecule has 20 heavy (non-hydrogen) atoms. The third-order valence-electron chi connectivity index (χ3n) is 3.65. The fraction of sp³-hybridized carbons (Fsp3) is 0.529. The van der Waals surface area contributed by atoms with Crippen molar-refractivity contribution < 1.29 is 4.74 Å². The molecule has 0 saturated heterocycles. The predicted octanol–water partition coefficient (Wildman–Crippen LogP) is 4.83. The van der Waals surface area contributed by atoms with Gasteiger partial charge < -0.3 is 10.1 Å². The molecule has 0 amide bonds. The van der Waals surface area contributed by atoms with Gasteiger partial charge in [0.05, 0.1) is 6.61 Å². The Labute approximate surface area is 130 Å². The minimum Gasteiger partial charge on any atom is -0.494 e. The smallest absolute Gasteiger partial charge is 0.123 e. The zero-order valence-electron chi connectivity index (χ0n) is 12.3. The van der Waals surface area contributed by atoms with Crippen molar-refractivity contribution >= 4 is 15.9 Å². The maximum atomic E-state index is 5.67. The molecule has 1 aliphatic rings. The van der Waals surface area contributed by atoms with Crippen molar-refractivity contribution in [1.82, 2.24) is 5.32 Å². The SMILES string of the molecule is CCOc1ccc(Br)cc1CNCCC1=CCCCC1. The van der Waals surface area contributed by atoms with Gasteiger partial charge in [-0.25, -0.2) is 0 Å². The standard InChI is InChI=1S/C17H24BrNO/c1-2-20-17-9-8-16(18)12-15(17)13-19-11-10-14-6-4-3-5-7-14/h6,8-9,12,19H,2-5,7,10-11,13H2,1H3. The molecule has 1 N–H and O–H groups in total. The molecule has 3 heteroatoms. The molecule has 1 aromatic carbocycles. The van der Waals surface area contributed by atoms with Crippen LogP contribution in [0.4, 0.5) is 0 Å². The molecule has 0 aliphatic heterocycles. The Bertz CT molecular complexity index is 456. The second-order valence-corrected chi connectivity index (χ2v) is 6.14. The van der Waals surface area contributed by atoms with E-state index in [0.29, 0.717) is 6.61 Å². The third-order valence-corrected chi connectivity index (χ3v) is 4.14. The van der Waals surface area contributed by atoms with Gasteiger partial charge in [-0.3, -0.25) is 0 Å². The van der Waals surface area contributed by atoms with Crippen LogP contribution in [0.1, 0.15) is 44.6 Å². The number of ether oxygens (including phenoxy) is 1. The maximum absolute atomic E-state index is 5.67. The largest absolute Gasteiger partial charge is 0.494 e. The number of halogens is 1. The molecule has 2 nitrogen and oxygen atoms in total. The summed E-state index contributed by atoms with van der Waals surface area (Å²) in [6.45, 7) is 4.64. The summed E-state index contributed by atoms with van der Waals surface area (Å²) in [5, 5.41) is 3.53. The van der Waals surface area contributed by atoms with Gasteiger partial charge >= 0.3 is 0 Å². The highest BCUT2D eigenvalue weighted by Crippen LogP contribution is 2.23. The average Bonchev–Trinajstić information content (AvgIpc) is 2.47. The van der Waals surface area contributed by atoms with Crippen LogP contribution in [0.3, 0.4) is 0 Å². The molecule has 1 aromatic rings. The highest BCUT2D eigenvalue weighted by molar-refractivity contribution is 9.10. The first-order valence-electron chi connectivity index (χ1n) is 7.59.